The van der Waals surface area contributed by atoms with Crippen LogP contribution >= 0.6 is 11.8 Å². The average Bonchev–Trinajstić information content (AvgIpc) is 3.73. The van der Waals surface area contributed by atoms with Crippen molar-refractivity contribution < 1.29 is 13.9 Å². The Morgan fingerprint density at radius 3 is 2.11 bits per heavy atom. The lowest BCUT2D eigenvalue weighted by atomic mass is 9.52. The highest BCUT2D eigenvalue weighted by atomic mass is 32.2. The monoisotopic (exact) mass is 738 g/mol. The van der Waals surface area contributed by atoms with Crippen LogP contribution in [0.1, 0.15) is 74.8 Å². The van der Waals surface area contributed by atoms with E-state index in [9.17, 15) is 0 Å². The minimum atomic E-state index is -0.874. The second-order valence-electron chi connectivity index (χ2n) is 17.5. The fourth-order valence-electron chi connectivity index (χ4n) is 11.2. The Morgan fingerprint density at radius 1 is 0.673 bits per heavy atom. The van der Waals surface area contributed by atoms with Crippen LogP contribution in [-0.2, 0) is 11.0 Å². The maximum Gasteiger partial charge on any atom is 0.178 e. The average molecular weight is 739 g/mol. The van der Waals surface area contributed by atoms with Crippen LogP contribution in [0.5, 0.6) is 11.5 Å². The predicted molar refractivity (Wildman–Crippen MR) is 228 cm³/mol. The number of methoxy groups -OCH3 is 1. The summed E-state index contributed by atoms with van der Waals surface area (Å²) in [7, 11) is 1.71. The molecule has 1 atom stereocenters. The Morgan fingerprint density at radius 2 is 1.36 bits per heavy atom. The zero-order valence-corrected chi connectivity index (χ0v) is 33.3. The van der Waals surface area contributed by atoms with Gasteiger partial charge in [0.2, 0.25) is 0 Å². The lowest BCUT2D eigenvalue weighted by Gasteiger charge is -2.52. The normalized spacial score (nSPS) is 19.9. The summed E-state index contributed by atoms with van der Waals surface area (Å²) in [6.07, 6.45) is 12.1. The molecule has 6 aromatic carbocycles. The summed E-state index contributed by atoms with van der Waals surface area (Å²) < 4.78 is 19.9. The first-order chi connectivity index (χ1) is 26.6. The standard InChI is InChI=1S/C51H46O3S/c1-48(2)29-49(3,4)31-50(30-48)42-19-13-12-18-37(42)44-39-27-43(55-6)41(46-36-17-11-10-14-32(36)28-53-46)26-40(39)47-38(45(44)50)24-25-51(54-47,33-15-8-7-9-16-33)34-20-22-35(52-5)23-21-34/h7-28H,29-31H2,1-6H3. The molecule has 1 spiro atoms. The van der Waals surface area contributed by atoms with Gasteiger partial charge in [-0.1, -0.05) is 125 Å². The molecular weight excluding hydrogens is 693 g/mol. The van der Waals surface area contributed by atoms with Crippen molar-refractivity contribution in [1.29, 1.82) is 0 Å². The highest BCUT2D eigenvalue weighted by Gasteiger charge is 2.55. The zero-order valence-electron chi connectivity index (χ0n) is 32.5. The van der Waals surface area contributed by atoms with Crippen molar-refractivity contribution in [2.24, 2.45) is 10.8 Å². The van der Waals surface area contributed by atoms with Gasteiger partial charge in [-0.25, -0.2) is 0 Å². The minimum Gasteiger partial charge on any atom is -0.497 e. The van der Waals surface area contributed by atoms with Crippen LogP contribution in [0.2, 0.25) is 0 Å². The maximum absolute atomic E-state index is 7.81. The molecule has 274 valence electrons. The summed E-state index contributed by atoms with van der Waals surface area (Å²) in [6.45, 7) is 9.91. The third kappa shape index (κ3) is 5.10. The van der Waals surface area contributed by atoms with E-state index in [1.54, 1.807) is 18.9 Å². The molecule has 10 rings (SSSR count). The van der Waals surface area contributed by atoms with Crippen LogP contribution in [0.3, 0.4) is 0 Å². The van der Waals surface area contributed by atoms with Gasteiger partial charge >= 0.3 is 0 Å². The number of rotatable bonds is 5. The Balaban J connectivity index is 1.34. The van der Waals surface area contributed by atoms with E-state index in [1.165, 1.54) is 44.5 Å². The molecule has 55 heavy (non-hydrogen) atoms. The van der Waals surface area contributed by atoms with Crippen LogP contribution < -0.4 is 9.47 Å². The Labute approximate surface area is 328 Å². The van der Waals surface area contributed by atoms with Crippen molar-refractivity contribution in [3.63, 3.8) is 0 Å². The zero-order chi connectivity index (χ0) is 37.7. The number of benzene rings is 6. The number of furan rings is 1. The number of ether oxygens (including phenoxy) is 2. The SMILES string of the molecule is COc1ccc(C2(c3ccccc3)C=Cc3c4c(c5cc(SC)c(-c6occ7ccccc67)cc5c3O2)-c2ccccc2C42CC(C)(C)CC(C)(C)C2)cc1. The molecule has 7 aromatic rings. The van der Waals surface area contributed by atoms with Gasteiger partial charge in [0, 0.05) is 48.7 Å². The number of fused-ring (bicyclic) bond motifs is 11. The molecule has 3 nitrogen and oxygen atoms in total. The van der Waals surface area contributed by atoms with Gasteiger partial charge in [0.05, 0.1) is 13.4 Å². The Kier molecular flexibility index (Phi) is 7.58. The summed E-state index contributed by atoms with van der Waals surface area (Å²) in [4.78, 5) is 1.19. The topological polar surface area (TPSA) is 31.6 Å². The van der Waals surface area contributed by atoms with Crippen molar-refractivity contribution in [1.82, 2.24) is 0 Å². The van der Waals surface area contributed by atoms with E-state index >= 15 is 0 Å². The molecule has 0 saturated heterocycles. The molecule has 0 bridgehead atoms. The summed E-state index contributed by atoms with van der Waals surface area (Å²) in [5, 5.41) is 4.54. The summed E-state index contributed by atoms with van der Waals surface area (Å²) >= 11 is 1.78. The number of hydrogen-bond acceptors (Lipinski definition) is 4. The maximum atomic E-state index is 7.81. The first kappa shape index (κ1) is 34.3. The van der Waals surface area contributed by atoms with Crippen molar-refractivity contribution in [3.8, 4) is 33.9 Å². The second-order valence-corrected chi connectivity index (χ2v) is 18.3. The van der Waals surface area contributed by atoms with E-state index < -0.39 is 5.60 Å². The van der Waals surface area contributed by atoms with E-state index in [-0.39, 0.29) is 16.2 Å². The largest absolute Gasteiger partial charge is 0.497 e. The Hall–Kier alpha value is -5.19. The van der Waals surface area contributed by atoms with E-state index in [0.29, 0.717) is 0 Å². The van der Waals surface area contributed by atoms with E-state index in [4.69, 9.17) is 13.9 Å². The minimum absolute atomic E-state index is 0.142. The predicted octanol–water partition coefficient (Wildman–Crippen LogP) is 13.8. The third-order valence-electron chi connectivity index (χ3n) is 12.5. The number of hydrogen-bond donors (Lipinski definition) is 0. The van der Waals surface area contributed by atoms with Crippen LogP contribution in [0.25, 0.3) is 50.1 Å². The molecule has 1 aromatic heterocycles. The molecule has 2 aliphatic carbocycles. The molecule has 1 unspecified atom stereocenters. The first-order valence-corrected chi connectivity index (χ1v) is 20.7. The summed E-state index contributed by atoms with van der Waals surface area (Å²) in [5.41, 5.74) is 9.22. The highest BCUT2D eigenvalue weighted by Crippen LogP contribution is 2.67. The van der Waals surface area contributed by atoms with Gasteiger partial charge in [-0.05, 0) is 94.3 Å². The molecule has 0 radical (unpaired) electrons. The van der Waals surface area contributed by atoms with Crippen LogP contribution in [0, 0.1) is 10.8 Å². The van der Waals surface area contributed by atoms with Crippen LogP contribution in [-0.4, -0.2) is 13.4 Å². The smallest absolute Gasteiger partial charge is 0.178 e. The van der Waals surface area contributed by atoms with Crippen LogP contribution in [0.4, 0.5) is 0 Å². The van der Waals surface area contributed by atoms with Gasteiger partial charge < -0.3 is 13.9 Å². The van der Waals surface area contributed by atoms with Crippen molar-refractivity contribution in [2.45, 2.75) is 62.9 Å². The molecule has 4 heteroatoms. The lowest BCUT2D eigenvalue weighted by molar-refractivity contribution is 0.0642. The fourth-order valence-corrected chi connectivity index (χ4v) is 11.8. The van der Waals surface area contributed by atoms with Gasteiger partial charge in [-0.15, -0.1) is 11.8 Å². The van der Waals surface area contributed by atoms with Gasteiger partial charge in [-0.2, -0.15) is 0 Å². The summed E-state index contributed by atoms with van der Waals surface area (Å²) in [5.74, 6) is 2.63. The molecule has 3 aliphatic rings. The van der Waals surface area contributed by atoms with E-state index in [2.05, 4.69) is 149 Å². The molecule has 1 saturated carbocycles. The van der Waals surface area contributed by atoms with E-state index in [0.717, 1.165) is 62.9 Å². The van der Waals surface area contributed by atoms with Gasteiger partial charge in [0.25, 0.3) is 0 Å². The molecular formula is C51H46O3S. The van der Waals surface area contributed by atoms with Gasteiger partial charge in [-0.3, -0.25) is 0 Å². The van der Waals surface area contributed by atoms with E-state index in [1.807, 2.05) is 18.4 Å². The highest BCUT2D eigenvalue weighted by molar-refractivity contribution is 7.98. The second kappa shape index (κ2) is 12.2. The molecule has 0 N–H and O–H groups in total. The molecule has 1 aliphatic heterocycles. The first-order valence-electron chi connectivity index (χ1n) is 19.4. The Bertz CT molecular complexity index is 2660. The van der Waals surface area contributed by atoms with Crippen LogP contribution in [0.15, 0.2) is 137 Å². The molecule has 2 heterocycles. The lowest BCUT2D eigenvalue weighted by Crippen LogP contribution is -2.44. The quantitative estimate of drug-likeness (QED) is 0.165. The summed E-state index contributed by atoms with van der Waals surface area (Å²) in [6, 6.07) is 41.5. The van der Waals surface area contributed by atoms with Crippen molar-refractivity contribution in [3.05, 3.63) is 155 Å². The third-order valence-corrected chi connectivity index (χ3v) is 13.3. The van der Waals surface area contributed by atoms with Crippen molar-refractivity contribution in [2.75, 3.05) is 13.4 Å². The van der Waals surface area contributed by atoms with Gasteiger partial charge in [0.15, 0.2) is 5.60 Å². The van der Waals surface area contributed by atoms with Crippen molar-refractivity contribution >= 4 is 39.4 Å². The molecule has 0 amide bonds. The molecule has 1 fully saturated rings. The fraction of sp³-hybridized carbons (Fsp3) is 0.255. The number of thioether (sulfide) groups is 1. The van der Waals surface area contributed by atoms with Gasteiger partial charge in [0.1, 0.15) is 17.3 Å².